The van der Waals surface area contributed by atoms with E-state index in [9.17, 15) is 0 Å². The third-order valence-corrected chi connectivity index (χ3v) is 4.23. The molecule has 0 aromatic heterocycles. The van der Waals surface area contributed by atoms with Crippen LogP contribution in [0.15, 0.2) is 24.3 Å². The Hall–Kier alpha value is 0.943. The fraction of sp³-hybridized carbons (Fsp3) is 0.636. The maximum atomic E-state index is 4.64. The molecule has 0 bridgehead atoms. The fourth-order valence-electron chi connectivity index (χ4n) is 1.96. The van der Waals surface area contributed by atoms with Crippen LogP contribution in [0, 0.1) is 11.8 Å². The van der Waals surface area contributed by atoms with Crippen LogP contribution in [0.2, 0.25) is 3.63 Å². The van der Waals surface area contributed by atoms with Crippen molar-refractivity contribution in [1.29, 1.82) is 0 Å². The molecule has 2 aliphatic carbocycles. The van der Waals surface area contributed by atoms with E-state index in [-0.39, 0.29) is 0 Å². The van der Waals surface area contributed by atoms with Crippen LogP contribution < -0.4 is 0 Å². The van der Waals surface area contributed by atoms with Crippen molar-refractivity contribution < 1.29 is 24.7 Å². The molecule has 0 amide bonds. The average Bonchev–Trinajstić information content (AvgIpc) is 2.67. The second-order valence-corrected chi connectivity index (χ2v) is 5.02. The van der Waals surface area contributed by atoms with Gasteiger partial charge in [0, 0.05) is 12.8 Å². The zero-order chi connectivity index (χ0) is 11.0. The molecule has 2 aliphatic rings. The van der Waals surface area contributed by atoms with Gasteiger partial charge < -0.3 is 0 Å². The molecule has 0 spiro atoms. The molecule has 1 fully saturated rings. The van der Waals surface area contributed by atoms with Crippen molar-refractivity contribution >= 4 is 23.2 Å². The van der Waals surface area contributed by atoms with Gasteiger partial charge in [-0.25, -0.2) is 0 Å². The normalized spacial score (nSPS) is 32.1. The van der Waals surface area contributed by atoms with Gasteiger partial charge in [-0.15, -0.1) is 23.2 Å². The molecule has 0 N–H and O–H groups in total. The van der Waals surface area contributed by atoms with E-state index in [1.54, 1.807) is 24.7 Å². The van der Waals surface area contributed by atoms with Crippen LogP contribution in [0.1, 0.15) is 12.8 Å². The Morgan fingerprint density at radius 1 is 1.00 bits per heavy atom. The number of rotatable bonds is 0. The Morgan fingerprint density at radius 2 is 1.57 bits per heavy atom. The molecule has 0 radical (unpaired) electrons. The molecular weight excluding hydrogens is 294 g/mol. The van der Waals surface area contributed by atoms with E-state index in [2.05, 4.69) is 47.5 Å². The van der Waals surface area contributed by atoms with Gasteiger partial charge >= 0.3 is 77.3 Å². The predicted molar refractivity (Wildman–Crippen MR) is 61.8 cm³/mol. The SMILES string of the molecule is CCl.CCl.[Zr][CH]1CCC2C=CC=CC12. The number of allylic oxidation sites excluding steroid dienone is 4. The number of hydrogen-bond acceptors (Lipinski definition) is 0. The first kappa shape index (κ1) is 14.9. The van der Waals surface area contributed by atoms with Crippen molar-refractivity contribution in [3.05, 3.63) is 24.3 Å². The molecular formula is C11H17Cl2Zr. The van der Waals surface area contributed by atoms with E-state index in [1.165, 1.54) is 25.6 Å². The standard InChI is InChI=1S/C9H11.2CH3Cl.Zr/c1-2-5-9-7-3-6-8(9)4-1;2*1-2;/h1-2,4-6,8-9H,3,7H2;2*1H3;. The Balaban J connectivity index is 0.000000379. The van der Waals surface area contributed by atoms with Crippen LogP contribution >= 0.6 is 23.2 Å². The Morgan fingerprint density at radius 3 is 2.14 bits per heavy atom. The summed E-state index contributed by atoms with van der Waals surface area (Å²) in [5.41, 5.74) is 0. The summed E-state index contributed by atoms with van der Waals surface area (Å²) in [6.07, 6.45) is 15.0. The van der Waals surface area contributed by atoms with Crippen molar-refractivity contribution in [2.75, 3.05) is 12.8 Å². The summed E-state index contributed by atoms with van der Waals surface area (Å²) in [4.78, 5) is 0. The van der Waals surface area contributed by atoms with Gasteiger partial charge in [0.15, 0.2) is 0 Å². The molecule has 0 aliphatic heterocycles. The third kappa shape index (κ3) is 4.21. The average molecular weight is 311 g/mol. The van der Waals surface area contributed by atoms with Gasteiger partial charge in [0.1, 0.15) is 0 Å². The van der Waals surface area contributed by atoms with Crippen LogP contribution in [0.4, 0.5) is 0 Å². The topological polar surface area (TPSA) is 0 Å². The van der Waals surface area contributed by atoms with Crippen molar-refractivity contribution in [3.63, 3.8) is 0 Å². The molecule has 79 valence electrons. The number of fused-ring (bicyclic) bond motifs is 1. The van der Waals surface area contributed by atoms with Gasteiger partial charge in [-0.3, -0.25) is 0 Å². The second-order valence-electron chi connectivity index (χ2n) is 3.19. The summed E-state index contributed by atoms with van der Waals surface area (Å²) < 4.78 is 1.01. The second kappa shape index (κ2) is 9.19. The summed E-state index contributed by atoms with van der Waals surface area (Å²) in [6, 6.07) is 0. The Labute approximate surface area is 113 Å². The fourth-order valence-corrected chi connectivity index (χ4v) is 3.25. The van der Waals surface area contributed by atoms with E-state index in [0.717, 1.165) is 15.5 Å². The minimum atomic E-state index is 0.897. The van der Waals surface area contributed by atoms with E-state index >= 15 is 0 Å². The van der Waals surface area contributed by atoms with E-state index in [4.69, 9.17) is 0 Å². The number of hydrogen-bond donors (Lipinski definition) is 0. The molecule has 3 heteroatoms. The van der Waals surface area contributed by atoms with Crippen molar-refractivity contribution in [1.82, 2.24) is 0 Å². The van der Waals surface area contributed by atoms with Gasteiger partial charge in [0.05, 0.1) is 0 Å². The quantitative estimate of drug-likeness (QED) is 0.589. The summed E-state index contributed by atoms with van der Waals surface area (Å²) in [7, 11) is 0. The summed E-state index contributed by atoms with van der Waals surface area (Å²) in [5, 5.41) is 0. The molecule has 2 rings (SSSR count). The third-order valence-electron chi connectivity index (χ3n) is 2.57. The maximum absolute atomic E-state index is 4.64. The first-order chi connectivity index (χ1) is 6.88. The zero-order valence-corrected chi connectivity index (χ0v) is 12.7. The minimum absolute atomic E-state index is 0.897. The van der Waals surface area contributed by atoms with Crippen LogP contribution in [-0.4, -0.2) is 12.8 Å². The van der Waals surface area contributed by atoms with E-state index in [0.29, 0.717) is 0 Å². The molecule has 3 unspecified atom stereocenters. The monoisotopic (exact) mass is 309 g/mol. The summed E-state index contributed by atoms with van der Waals surface area (Å²) in [6.45, 7) is 0. The van der Waals surface area contributed by atoms with Gasteiger partial charge in [-0.2, -0.15) is 0 Å². The van der Waals surface area contributed by atoms with Gasteiger partial charge in [-0.05, 0) is 0 Å². The first-order valence-electron chi connectivity index (χ1n) is 4.69. The zero-order valence-electron chi connectivity index (χ0n) is 8.71. The van der Waals surface area contributed by atoms with Gasteiger partial charge in [-0.1, -0.05) is 0 Å². The molecule has 0 aromatic carbocycles. The molecule has 1 saturated carbocycles. The molecule has 0 heterocycles. The Bertz CT molecular complexity index is 190. The van der Waals surface area contributed by atoms with E-state index < -0.39 is 0 Å². The number of alkyl halides is 2. The van der Waals surface area contributed by atoms with Crippen molar-refractivity contribution in [2.45, 2.75) is 16.5 Å². The molecule has 0 aromatic rings. The van der Waals surface area contributed by atoms with Crippen LogP contribution in [-0.2, 0) is 24.7 Å². The molecule has 0 nitrogen and oxygen atoms in total. The van der Waals surface area contributed by atoms with Crippen molar-refractivity contribution in [2.24, 2.45) is 11.8 Å². The summed E-state index contributed by atoms with van der Waals surface area (Å²) >= 11 is 11.0. The van der Waals surface area contributed by atoms with Crippen LogP contribution in [0.25, 0.3) is 0 Å². The van der Waals surface area contributed by atoms with Crippen LogP contribution in [0.5, 0.6) is 0 Å². The van der Waals surface area contributed by atoms with Gasteiger partial charge in [0.25, 0.3) is 0 Å². The molecule has 3 atom stereocenters. The number of halogens is 2. The molecule has 14 heavy (non-hydrogen) atoms. The molecule has 0 saturated heterocycles. The first-order valence-corrected chi connectivity index (χ1v) is 7.63. The van der Waals surface area contributed by atoms with Crippen LogP contribution in [0.3, 0.4) is 0 Å². The van der Waals surface area contributed by atoms with Crippen molar-refractivity contribution in [3.8, 4) is 0 Å². The summed E-state index contributed by atoms with van der Waals surface area (Å²) in [5.74, 6) is 1.80. The predicted octanol–water partition coefficient (Wildman–Crippen LogP) is 4.18. The van der Waals surface area contributed by atoms with E-state index in [1.807, 2.05) is 0 Å². The van der Waals surface area contributed by atoms with Gasteiger partial charge in [0.2, 0.25) is 0 Å². The Kier molecular flexibility index (Phi) is 9.81.